The number of nitrogens with two attached hydrogens (primary N) is 1. The lowest BCUT2D eigenvalue weighted by molar-refractivity contribution is 0.795. The third-order valence-corrected chi connectivity index (χ3v) is 3.47. The average Bonchev–Trinajstić information content (AvgIpc) is 2.57. The van der Waals surface area contributed by atoms with E-state index in [1.165, 1.54) is 4.68 Å². The molecular weight excluding hydrogens is 274 g/mol. The fourth-order valence-electron chi connectivity index (χ4n) is 2.43. The normalized spacial score (nSPS) is 10.6. The smallest absolute Gasteiger partial charge is 0.271 e. The highest BCUT2D eigenvalue weighted by molar-refractivity contribution is 5.62. The SMILES string of the molecule is NCCc1cc(=O)n(-c2ccccc2)nc1-c1ccccc1. The van der Waals surface area contributed by atoms with Crippen molar-refractivity contribution in [3.8, 4) is 16.9 Å². The van der Waals surface area contributed by atoms with Gasteiger partial charge in [0, 0.05) is 11.6 Å². The van der Waals surface area contributed by atoms with Crippen LogP contribution in [0.2, 0.25) is 0 Å². The second kappa shape index (κ2) is 6.37. The quantitative estimate of drug-likeness (QED) is 0.803. The van der Waals surface area contributed by atoms with Gasteiger partial charge in [-0.15, -0.1) is 0 Å². The van der Waals surface area contributed by atoms with Crippen LogP contribution in [0.4, 0.5) is 0 Å². The molecule has 0 spiro atoms. The van der Waals surface area contributed by atoms with E-state index in [4.69, 9.17) is 5.73 Å². The van der Waals surface area contributed by atoms with E-state index in [-0.39, 0.29) is 5.56 Å². The highest BCUT2D eigenvalue weighted by Crippen LogP contribution is 2.20. The van der Waals surface area contributed by atoms with Gasteiger partial charge < -0.3 is 5.73 Å². The van der Waals surface area contributed by atoms with Gasteiger partial charge in [0.05, 0.1) is 11.4 Å². The Morgan fingerprint density at radius 2 is 1.59 bits per heavy atom. The molecule has 0 unspecified atom stereocenters. The predicted molar refractivity (Wildman–Crippen MR) is 88.0 cm³/mol. The van der Waals surface area contributed by atoms with Crippen LogP contribution >= 0.6 is 0 Å². The molecule has 2 N–H and O–H groups in total. The Bertz CT molecular complexity index is 811. The molecule has 4 heteroatoms. The first-order valence-corrected chi connectivity index (χ1v) is 7.24. The molecule has 0 amide bonds. The van der Waals surface area contributed by atoms with Gasteiger partial charge in [-0.25, -0.2) is 0 Å². The van der Waals surface area contributed by atoms with Gasteiger partial charge in [0.25, 0.3) is 5.56 Å². The molecule has 22 heavy (non-hydrogen) atoms. The zero-order valence-corrected chi connectivity index (χ0v) is 12.1. The van der Waals surface area contributed by atoms with E-state index in [2.05, 4.69) is 5.10 Å². The first-order valence-electron chi connectivity index (χ1n) is 7.24. The van der Waals surface area contributed by atoms with E-state index in [0.717, 1.165) is 22.5 Å². The molecule has 0 bridgehead atoms. The molecule has 0 fully saturated rings. The van der Waals surface area contributed by atoms with Crippen molar-refractivity contribution in [3.05, 3.63) is 82.6 Å². The van der Waals surface area contributed by atoms with Gasteiger partial charge in [-0.1, -0.05) is 48.5 Å². The van der Waals surface area contributed by atoms with Gasteiger partial charge in [-0.05, 0) is 30.7 Å². The van der Waals surface area contributed by atoms with E-state index in [0.29, 0.717) is 13.0 Å². The fourth-order valence-corrected chi connectivity index (χ4v) is 2.43. The third-order valence-electron chi connectivity index (χ3n) is 3.47. The maximum atomic E-state index is 12.4. The number of nitrogens with zero attached hydrogens (tertiary/aromatic N) is 2. The van der Waals surface area contributed by atoms with Gasteiger partial charge in [0.15, 0.2) is 0 Å². The number of rotatable bonds is 4. The van der Waals surface area contributed by atoms with Gasteiger partial charge in [0.2, 0.25) is 0 Å². The maximum Gasteiger partial charge on any atom is 0.271 e. The molecule has 1 aromatic heterocycles. The summed E-state index contributed by atoms with van der Waals surface area (Å²) in [4.78, 5) is 12.4. The lowest BCUT2D eigenvalue weighted by Crippen LogP contribution is -2.23. The minimum atomic E-state index is -0.144. The molecule has 3 aromatic rings. The van der Waals surface area contributed by atoms with Crippen LogP contribution in [0.5, 0.6) is 0 Å². The monoisotopic (exact) mass is 291 g/mol. The average molecular weight is 291 g/mol. The molecule has 2 aromatic carbocycles. The van der Waals surface area contributed by atoms with Crippen molar-refractivity contribution in [2.24, 2.45) is 5.73 Å². The number of aromatic nitrogens is 2. The van der Waals surface area contributed by atoms with Crippen molar-refractivity contribution in [1.29, 1.82) is 0 Å². The molecule has 0 aliphatic heterocycles. The lowest BCUT2D eigenvalue weighted by atomic mass is 10.0. The van der Waals surface area contributed by atoms with E-state index in [9.17, 15) is 4.79 Å². The second-order valence-corrected chi connectivity index (χ2v) is 5.01. The van der Waals surface area contributed by atoms with Crippen molar-refractivity contribution >= 4 is 0 Å². The summed E-state index contributed by atoms with van der Waals surface area (Å²) in [7, 11) is 0. The van der Waals surface area contributed by atoms with Crippen LogP contribution in [-0.4, -0.2) is 16.3 Å². The summed E-state index contributed by atoms with van der Waals surface area (Å²) in [5, 5.41) is 4.58. The summed E-state index contributed by atoms with van der Waals surface area (Å²) in [6, 6.07) is 20.9. The molecule has 0 aliphatic rings. The van der Waals surface area contributed by atoms with Gasteiger partial charge in [-0.3, -0.25) is 4.79 Å². The van der Waals surface area contributed by atoms with Crippen LogP contribution < -0.4 is 11.3 Å². The first kappa shape index (κ1) is 14.2. The van der Waals surface area contributed by atoms with Crippen molar-refractivity contribution in [2.45, 2.75) is 6.42 Å². The first-order chi connectivity index (χ1) is 10.8. The molecule has 0 saturated carbocycles. The highest BCUT2D eigenvalue weighted by Gasteiger charge is 2.11. The molecule has 0 aliphatic carbocycles. The van der Waals surface area contributed by atoms with E-state index in [1.807, 2.05) is 60.7 Å². The summed E-state index contributed by atoms with van der Waals surface area (Å²) >= 11 is 0. The minimum absolute atomic E-state index is 0.144. The Morgan fingerprint density at radius 3 is 2.23 bits per heavy atom. The van der Waals surface area contributed by atoms with E-state index < -0.39 is 0 Å². The highest BCUT2D eigenvalue weighted by atomic mass is 16.1. The van der Waals surface area contributed by atoms with Crippen LogP contribution in [0.3, 0.4) is 0 Å². The second-order valence-electron chi connectivity index (χ2n) is 5.01. The van der Waals surface area contributed by atoms with Crippen LogP contribution in [0, 0.1) is 0 Å². The van der Waals surface area contributed by atoms with Gasteiger partial charge in [0.1, 0.15) is 0 Å². The zero-order valence-electron chi connectivity index (χ0n) is 12.1. The van der Waals surface area contributed by atoms with Crippen LogP contribution in [-0.2, 0) is 6.42 Å². The third kappa shape index (κ3) is 2.82. The number of hydrogen-bond acceptors (Lipinski definition) is 3. The minimum Gasteiger partial charge on any atom is -0.330 e. The van der Waals surface area contributed by atoms with Gasteiger partial charge in [-0.2, -0.15) is 9.78 Å². The Balaban J connectivity index is 2.21. The topological polar surface area (TPSA) is 60.9 Å². The summed E-state index contributed by atoms with van der Waals surface area (Å²) in [5.74, 6) is 0. The largest absolute Gasteiger partial charge is 0.330 e. The molecule has 4 nitrogen and oxygen atoms in total. The predicted octanol–water partition coefficient (Wildman–Crippen LogP) is 2.40. The molecule has 110 valence electrons. The van der Waals surface area contributed by atoms with Crippen LogP contribution in [0.15, 0.2) is 71.5 Å². The van der Waals surface area contributed by atoms with Crippen molar-refractivity contribution in [1.82, 2.24) is 9.78 Å². The molecule has 0 radical (unpaired) electrons. The van der Waals surface area contributed by atoms with Gasteiger partial charge >= 0.3 is 0 Å². The van der Waals surface area contributed by atoms with E-state index >= 15 is 0 Å². The van der Waals surface area contributed by atoms with Crippen molar-refractivity contribution < 1.29 is 0 Å². The van der Waals surface area contributed by atoms with E-state index in [1.54, 1.807) is 6.07 Å². The summed E-state index contributed by atoms with van der Waals surface area (Å²) in [5.41, 5.74) is 8.94. The molecule has 0 saturated heterocycles. The Labute approximate surface area is 128 Å². The van der Waals surface area contributed by atoms with Crippen LogP contribution in [0.25, 0.3) is 16.9 Å². The Hall–Kier alpha value is -2.72. The molecule has 0 atom stereocenters. The summed E-state index contributed by atoms with van der Waals surface area (Å²) < 4.78 is 1.43. The van der Waals surface area contributed by atoms with Crippen molar-refractivity contribution in [3.63, 3.8) is 0 Å². The molecular formula is C18H17N3O. The zero-order chi connectivity index (χ0) is 15.4. The fraction of sp³-hybridized carbons (Fsp3) is 0.111. The summed E-state index contributed by atoms with van der Waals surface area (Å²) in [6.45, 7) is 0.482. The van der Waals surface area contributed by atoms with Crippen LogP contribution in [0.1, 0.15) is 5.56 Å². The summed E-state index contributed by atoms with van der Waals surface area (Å²) in [6.07, 6.45) is 0.627. The number of benzene rings is 2. The number of para-hydroxylation sites is 1. The Morgan fingerprint density at radius 1 is 0.955 bits per heavy atom. The maximum absolute atomic E-state index is 12.4. The molecule has 1 heterocycles. The van der Waals surface area contributed by atoms with Crippen molar-refractivity contribution in [2.75, 3.05) is 6.54 Å². The lowest BCUT2D eigenvalue weighted by Gasteiger charge is -2.11. The molecule has 3 rings (SSSR count). The number of hydrogen-bond donors (Lipinski definition) is 1. The standard InChI is InChI=1S/C18H17N3O/c19-12-11-15-13-17(22)21(16-9-5-2-6-10-16)20-18(15)14-7-3-1-4-8-14/h1-10,13H,11-12,19H2. The Kier molecular flexibility index (Phi) is 4.12.